The number of ketones is 1. The maximum atomic E-state index is 13.0. The van der Waals surface area contributed by atoms with Crippen LogP contribution in [0.2, 0.25) is 0 Å². The Hall–Kier alpha value is -3.52. The van der Waals surface area contributed by atoms with Gasteiger partial charge in [-0.3, -0.25) is 4.79 Å². The molecule has 0 spiro atoms. The molecule has 5 heteroatoms. The minimum Gasteiger partial charge on any atom is -0.489 e. The predicted molar refractivity (Wildman–Crippen MR) is 115 cm³/mol. The molecular weight excluding hydrogens is 374 g/mol. The van der Waals surface area contributed by atoms with Crippen molar-refractivity contribution in [2.45, 2.75) is 38.7 Å². The van der Waals surface area contributed by atoms with Crippen LogP contribution in [0.4, 0.5) is 0 Å². The summed E-state index contributed by atoms with van der Waals surface area (Å²) >= 11 is 0. The van der Waals surface area contributed by atoms with Gasteiger partial charge >= 0.3 is 0 Å². The molecule has 0 saturated heterocycles. The minimum atomic E-state index is -0.497. The molecule has 5 nitrogen and oxygen atoms in total. The van der Waals surface area contributed by atoms with Crippen molar-refractivity contribution in [3.8, 4) is 11.8 Å². The molecule has 0 unspecified atom stereocenters. The molecule has 0 amide bonds. The molecule has 2 aromatic rings. The number of hydrogen-bond donors (Lipinski definition) is 1. The van der Waals surface area contributed by atoms with Crippen LogP contribution in [0.5, 0.6) is 5.75 Å². The third-order valence-corrected chi connectivity index (χ3v) is 5.88. The van der Waals surface area contributed by atoms with Gasteiger partial charge < -0.3 is 15.4 Å². The lowest BCUT2D eigenvalue weighted by Crippen LogP contribution is -2.36. The number of nitrogens with zero attached hydrogens (tertiary/aromatic N) is 2. The van der Waals surface area contributed by atoms with E-state index in [1.54, 1.807) is 4.90 Å². The number of aryl methyl sites for hydroxylation is 1. The molecule has 1 aliphatic carbocycles. The number of nitriles is 1. The molecule has 0 radical (unpaired) electrons. The predicted octanol–water partition coefficient (Wildman–Crippen LogP) is 4.30. The fourth-order valence-corrected chi connectivity index (χ4v) is 4.39. The number of benzene rings is 2. The van der Waals surface area contributed by atoms with E-state index in [2.05, 4.69) is 12.1 Å². The van der Waals surface area contributed by atoms with Crippen molar-refractivity contribution in [2.24, 2.45) is 5.73 Å². The minimum absolute atomic E-state index is 0.0850. The second-order valence-corrected chi connectivity index (χ2v) is 7.86. The highest BCUT2D eigenvalue weighted by Gasteiger charge is 2.39. The van der Waals surface area contributed by atoms with E-state index < -0.39 is 5.92 Å². The van der Waals surface area contributed by atoms with Gasteiger partial charge in [-0.05, 0) is 31.4 Å². The second kappa shape index (κ2) is 8.08. The van der Waals surface area contributed by atoms with E-state index in [-0.39, 0.29) is 5.78 Å². The molecule has 2 aliphatic rings. The Bertz CT molecular complexity index is 1110. The number of para-hydroxylation sites is 1. The first-order chi connectivity index (χ1) is 14.5. The van der Waals surface area contributed by atoms with Crippen molar-refractivity contribution >= 4 is 5.78 Å². The summed E-state index contributed by atoms with van der Waals surface area (Å²) in [5.74, 6) is 0.660. The van der Waals surface area contributed by atoms with Gasteiger partial charge in [0.15, 0.2) is 5.78 Å². The molecule has 1 atom stereocenters. The number of ether oxygens (including phenoxy) is 1. The summed E-state index contributed by atoms with van der Waals surface area (Å²) in [7, 11) is 1.83. The molecule has 30 heavy (non-hydrogen) atoms. The summed E-state index contributed by atoms with van der Waals surface area (Å²) in [6.45, 7) is 2.46. The van der Waals surface area contributed by atoms with Crippen LogP contribution in [0.15, 0.2) is 71.2 Å². The quantitative estimate of drug-likeness (QED) is 0.829. The van der Waals surface area contributed by atoms with Crippen LogP contribution in [0.1, 0.15) is 41.9 Å². The smallest absolute Gasteiger partial charge is 0.161 e. The average molecular weight is 399 g/mol. The van der Waals surface area contributed by atoms with Crippen molar-refractivity contribution < 1.29 is 9.53 Å². The van der Waals surface area contributed by atoms with Gasteiger partial charge in [-0.25, -0.2) is 0 Å². The zero-order valence-corrected chi connectivity index (χ0v) is 17.3. The van der Waals surface area contributed by atoms with Crippen molar-refractivity contribution in [3.63, 3.8) is 0 Å². The number of carbonyl (C=O) groups is 1. The first-order valence-corrected chi connectivity index (χ1v) is 10.2. The fourth-order valence-electron chi connectivity index (χ4n) is 4.39. The average Bonchev–Trinajstić information content (AvgIpc) is 2.75. The summed E-state index contributed by atoms with van der Waals surface area (Å²) in [6.07, 6.45) is 2.07. The summed E-state index contributed by atoms with van der Waals surface area (Å²) in [5, 5.41) is 9.93. The molecule has 2 N–H and O–H groups in total. The van der Waals surface area contributed by atoms with Crippen molar-refractivity contribution in [1.82, 2.24) is 4.90 Å². The molecule has 152 valence electrons. The third-order valence-electron chi connectivity index (χ3n) is 5.88. The van der Waals surface area contributed by atoms with Crippen LogP contribution in [0.3, 0.4) is 0 Å². The van der Waals surface area contributed by atoms with E-state index in [0.717, 1.165) is 29.7 Å². The van der Waals surface area contributed by atoms with Crippen LogP contribution < -0.4 is 10.5 Å². The summed E-state index contributed by atoms with van der Waals surface area (Å²) in [5.41, 5.74) is 11.4. The fraction of sp³-hybridized carbons (Fsp3) is 0.280. The molecule has 1 aliphatic heterocycles. The number of hydrogen-bond acceptors (Lipinski definition) is 5. The lowest BCUT2D eigenvalue weighted by atomic mass is 9.75. The summed E-state index contributed by atoms with van der Waals surface area (Å²) in [6, 6.07) is 18.1. The summed E-state index contributed by atoms with van der Waals surface area (Å²) in [4.78, 5) is 14.8. The Labute approximate surface area is 177 Å². The van der Waals surface area contributed by atoms with E-state index >= 15 is 0 Å². The Morgan fingerprint density at radius 1 is 1.20 bits per heavy atom. The highest BCUT2D eigenvalue weighted by Crippen LogP contribution is 2.46. The van der Waals surface area contributed by atoms with Gasteiger partial charge in [0.2, 0.25) is 0 Å². The standard InChI is InChI=1S/C25H25N3O2/c1-16-7-5-8-17(13-16)15-30-22-12-4-3-9-18(22)23-19(14-26)25(27)28(2)20-10-6-11-21(29)24(20)23/h3-5,7-9,12-13,23H,6,10-11,15,27H2,1-2H3/t23-/m1/s1. The van der Waals surface area contributed by atoms with Gasteiger partial charge in [0.25, 0.3) is 0 Å². The number of carbonyl (C=O) groups excluding carboxylic acids is 1. The maximum absolute atomic E-state index is 13.0. The number of Topliss-reactive ketones (excluding diaryl/α,β-unsaturated/α-hetero) is 1. The Morgan fingerprint density at radius 3 is 2.77 bits per heavy atom. The molecule has 0 fully saturated rings. The van der Waals surface area contributed by atoms with Gasteiger partial charge in [0, 0.05) is 30.3 Å². The van der Waals surface area contributed by atoms with Gasteiger partial charge in [-0.2, -0.15) is 5.26 Å². The van der Waals surface area contributed by atoms with Crippen LogP contribution in [0, 0.1) is 18.3 Å². The number of rotatable bonds is 4. The SMILES string of the molecule is Cc1cccc(COc2ccccc2[C@@H]2C(C#N)=C(N)N(C)C3=C2C(=O)CCC3)c1. The maximum Gasteiger partial charge on any atom is 0.161 e. The van der Waals surface area contributed by atoms with Crippen molar-refractivity contribution in [3.05, 3.63) is 87.9 Å². The topological polar surface area (TPSA) is 79.3 Å². The van der Waals surface area contributed by atoms with Crippen molar-refractivity contribution in [2.75, 3.05) is 7.05 Å². The lowest BCUT2D eigenvalue weighted by molar-refractivity contribution is -0.116. The zero-order chi connectivity index (χ0) is 21.3. The highest BCUT2D eigenvalue weighted by molar-refractivity contribution is 6.00. The first-order valence-electron chi connectivity index (χ1n) is 10.2. The van der Waals surface area contributed by atoms with Gasteiger partial charge in [0.1, 0.15) is 18.2 Å². The second-order valence-electron chi connectivity index (χ2n) is 7.86. The highest BCUT2D eigenvalue weighted by atomic mass is 16.5. The molecule has 0 saturated carbocycles. The molecular formula is C25H25N3O2. The normalized spacial score (nSPS) is 18.9. The van der Waals surface area contributed by atoms with E-state index in [1.807, 2.05) is 56.4 Å². The monoisotopic (exact) mass is 399 g/mol. The Kier molecular flexibility index (Phi) is 5.33. The number of allylic oxidation sites excluding steroid dienone is 3. The van der Waals surface area contributed by atoms with Crippen LogP contribution in [-0.4, -0.2) is 17.7 Å². The first kappa shape index (κ1) is 19.8. The van der Waals surface area contributed by atoms with Crippen LogP contribution in [-0.2, 0) is 11.4 Å². The van der Waals surface area contributed by atoms with E-state index in [4.69, 9.17) is 10.5 Å². The lowest BCUT2D eigenvalue weighted by Gasteiger charge is -2.38. The Balaban J connectivity index is 1.77. The zero-order valence-electron chi connectivity index (χ0n) is 17.3. The number of nitrogens with two attached hydrogens (primary N) is 1. The molecule has 0 bridgehead atoms. The van der Waals surface area contributed by atoms with Crippen LogP contribution in [0.25, 0.3) is 0 Å². The van der Waals surface area contributed by atoms with E-state index in [0.29, 0.717) is 35.7 Å². The van der Waals surface area contributed by atoms with E-state index in [9.17, 15) is 10.1 Å². The van der Waals surface area contributed by atoms with Gasteiger partial charge in [-0.1, -0.05) is 48.0 Å². The largest absolute Gasteiger partial charge is 0.489 e. The van der Waals surface area contributed by atoms with Gasteiger partial charge in [-0.15, -0.1) is 0 Å². The Morgan fingerprint density at radius 2 is 2.00 bits per heavy atom. The summed E-state index contributed by atoms with van der Waals surface area (Å²) < 4.78 is 6.18. The molecule has 4 rings (SSSR count). The van der Waals surface area contributed by atoms with Crippen molar-refractivity contribution in [1.29, 1.82) is 5.26 Å². The third kappa shape index (κ3) is 3.46. The van der Waals surface area contributed by atoms with Crippen LogP contribution >= 0.6 is 0 Å². The van der Waals surface area contributed by atoms with Gasteiger partial charge in [0.05, 0.1) is 17.6 Å². The van der Waals surface area contributed by atoms with E-state index in [1.165, 1.54) is 5.56 Å². The molecule has 1 heterocycles. The molecule has 0 aromatic heterocycles. The molecule has 2 aromatic carbocycles.